The van der Waals surface area contributed by atoms with Gasteiger partial charge in [-0.2, -0.15) is 0 Å². The molecule has 1 amide bonds. The van der Waals surface area contributed by atoms with E-state index < -0.39 is 11.9 Å². The van der Waals surface area contributed by atoms with Gasteiger partial charge in [0.25, 0.3) is 5.91 Å². The Labute approximate surface area is 168 Å². The number of amides is 1. The van der Waals surface area contributed by atoms with E-state index in [1.54, 1.807) is 24.3 Å². The molecule has 0 atom stereocenters. The number of anilines is 1. The molecule has 0 fully saturated rings. The number of carbonyl (C=O) groups is 3. The second-order valence-corrected chi connectivity index (χ2v) is 6.55. The number of ketones is 1. The van der Waals surface area contributed by atoms with Gasteiger partial charge in [-0.15, -0.1) is 0 Å². The summed E-state index contributed by atoms with van der Waals surface area (Å²) >= 11 is 0. The zero-order valence-corrected chi connectivity index (χ0v) is 16.1. The molecular formula is C22H22N2O5. The molecule has 7 heteroatoms. The Hall–Kier alpha value is -3.45. The predicted molar refractivity (Wildman–Crippen MR) is 107 cm³/mol. The van der Waals surface area contributed by atoms with Gasteiger partial charge in [0.15, 0.2) is 5.78 Å². The molecule has 29 heavy (non-hydrogen) atoms. The monoisotopic (exact) mass is 394 g/mol. The molecule has 0 spiro atoms. The van der Waals surface area contributed by atoms with E-state index in [0.717, 1.165) is 5.56 Å². The van der Waals surface area contributed by atoms with Crippen LogP contribution in [-0.2, 0) is 20.7 Å². The second-order valence-electron chi connectivity index (χ2n) is 6.55. The molecule has 2 aromatic rings. The summed E-state index contributed by atoms with van der Waals surface area (Å²) in [6, 6.07) is 16.2. The highest BCUT2D eigenvalue weighted by Crippen LogP contribution is 2.25. The summed E-state index contributed by atoms with van der Waals surface area (Å²) in [7, 11) is 1.24. The maximum absolute atomic E-state index is 12.9. The Morgan fingerprint density at radius 1 is 1.10 bits per heavy atom. The number of methoxy groups -OCH3 is 1. The van der Waals surface area contributed by atoms with E-state index >= 15 is 0 Å². The average molecular weight is 394 g/mol. The van der Waals surface area contributed by atoms with Crippen LogP contribution in [0.2, 0.25) is 0 Å². The summed E-state index contributed by atoms with van der Waals surface area (Å²) in [6.45, 7) is -0.0900. The van der Waals surface area contributed by atoms with Crippen molar-refractivity contribution in [2.75, 3.05) is 32.1 Å². The fourth-order valence-electron chi connectivity index (χ4n) is 3.20. The van der Waals surface area contributed by atoms with Crippen LogP contribution >= 0.6 is 0 Å². The first-order valence-corrected chi connectivity index (χ1v) is 9.20. The largest absolute Gasteiger partial charge is 0.466 e. The van der Waals surface area contributed by atoms with E-state index in [-0.39, 0.29) is 43.2 Å². The van der Waals surface area contributed by atoms with Gasteiger partial charge in [0.05, 0.1) is 25.8 Å². The number of aliphatic hydroxyl groups excluding tert-OH is 1. The number of β-amino-alcohol motifs (C(OH)–C–C–N with tert-alkyl or cyclic N) is 1. The van der Waals surface area contributed by atoms with Crippen molar-refractivity contribution in [3.63, 3.8) is 0 Å². The number of para-hydroxylation sites is 1. The van der Waals surface area contributed by atoms with Crippen molar-refractivity contribution in [3.05, 3.63) is 77.0 Å². The summed E-state index contributed by atoms with van der Waals surface area (Å²) in [5.41, 5.74) is 1.96. The minimum absolute atomic E-state index is 0.0362. The fraction of sp³-hybridized carbons (Fsp3) is 0.227. The molecule has 1 heterocycles. The standard InChI is InChI=1S/C22H22N2O5/c1-29-22(28)17-14-24(11-12-25)21(27)20(17)23-18-10-6-5-9-16(18)19(26)13-15-7-3-2-4-8-15/h2-10,23,25H,11-14H2,1H3. The molecule has 2 aromatic carbocycles. The molecule has 0 bridgehead atoms. The van der Waals surface area contributed by atoms with Crippen molar-refractivity contribution in [2.24, 2.45) is 0 Å². The second kappa shape index (κ2) is 9.16. The lowest BCUT2D eigenvalue weighted by Gasteiger charge is -2.16. The molecule has 0 radical (unpaired) electrons. The van der Waals surface area contributed by atoms with Gasteiger partial charge in [-0.1, -0.05) is 42.5 Å². The van der Waals surface area contributed by atoms with Crippen molar-refractivity contribution in [1.82, 2.24) is 4.90 Å². The molecule has 150 valence electrons. The Bertz CT molecular complexity index is 953. The van der Waals surface area contributed by atoms with Gasteiger partial charge in [-0.05, 0) is 17.7 Å². The van der Waals surface area contributed by atoms with Crippen molar-refractivity contribution < 1.29 is 24.2 Å². The molecule has 3 rings (SSSR count). The maximum Gasteiger partial charge on any atom is 0.337 e. The van der Waals surface area contributed by atoms with Crippen LogP contribution in [0, 0.1) is 0 Å². The van der Waals surface area contributed by atoms with Crippen molar-refractivity contribution in [2.45, 2.75) is 6.42 Å². The lowest BCUT2D eigenvalue weighted by Crippen LogP contribution is -2.31. The smallest absolute Gasteiger partial charge is 0.337 e. The van der Waals surface area contributed by atoms with Crippen LogP contribution in [0.4, 0.5) is 5.69 Å². The minimum atomic E-state index is -0.630. The van der Waals surface area contributed by atoms with Gasteiger partial charge in [0, 0.05) is 24.2 Å². The first-order valence-electron chi connectivity index (χ1n) is 9.20. The molecule has 0 saturated carbocycles. The van der Waals surface area contributed by atoms with Gasteiger partial charge in [-0.3, -0.25) is 9.59 Å². The highest BCUT2D eigenvalue weighted by Gasteiger charge is 2.34. The third-order valence-corrected chi connectivity index (χ3v) is 4.65. The number of hydrogen-bond donors (Lipinski definition) is 2. The molecule has 2 N–H and O–H groups in total. The lowest BCUT2D eigenvalue weighted by atomic mass is 10.0. The highest BCUT2D eigenvalue weighted by molar-refractivity contribution is 6.10. The topological polar surface area (TPSA) is 95.9 Å². The van der Waals surface area contributed by atoms with E-state index in [0.29, 0.717) is 11.3 Å². The number of aliphatic hydroxyl groups is 1. The normalized spacial score (nSPS) is 13.6. The summed E-state index contributed by atoms with van der Waals surface area (Å²) in [6.07, 6.45) is 0.215. The lowest BCUT2D eigenvalue weighted by molar-refractivity contribution is -0.136. The number of hydrogen-bond acceptors (Lipinski definition) is 6. The molecule has 1 aliphatic rings. The first-order chi connectivity index (χ1) is 14.0. The van der Waals surface area contributed by atoms with E-state index in [1.807, 2.05) is 30.3 Å². The van der Waals surface area contributed by atoms with Crippen LogP contribution in [-0.4, -0.2) is 54.5 Å². The van der Waals surface area contributed by atoms with E-state index in [1.165, 1.54) is 12.0 Å². The van der Waals surface area contributed by atoms with Crippen LogP contribution in [0.3, 0.4) is 0 Å². The number of nitrogens with zero attached hydrogens (tertiary/aromatic N) is 1. The SMILES string of the molecule is COC(=O)C1=C(Nc2ccccc2C(=O)Cc2ccccc2)C(=O)N(CCO)C1. The van der Waals surface area contributed by atoms with E-state index in [2.05, 4.69) is 5.32 Å². The summed E-state index contributed by atoms with van der Waals surface area (Å²) < 4.78 is 4.79. The van der Waals surface area contributed by atoms with E-state index in [9.17, 15) is 14.4 Å². The zero-order valence-electron chi connectivity index (χ0n) is 16.1. The van der Waals surface area contributed by atoms with Gasteiger partial charge in [0.2, 0.25) is 0 Å². The van der Waals surface area contributed by atoms with Gasteiger partial charge in [-0.25, -0.2) is 4.79 Å². The van der Waals surface area contributed by atoms with Gasteiger partial charge in [0.1, 0.15) is 5.70 Å². The Morgan fingerprint density at radius 3 is 2.48 bits per heavy atom. The fourth-order valence-corrected chi connectivity index (χ4v) is 3.20. The molecule has 1 aliphatic heterocycles. The number of esters is 1. The first kappa shape index (κ1) is 20.3. The molecular weight excluding hydrogens is 372 g/mol. The zero-order chi connectivity index (χ0) is 20.8. The van der Waals surface area contributed by atoms with E-state index in [4.69, 9.17) is 9.84 Å². The molecule has 0 aromatic heterocycles. The molecule has 0 saturated heterocycles. The van der Waals surface area contributed by atoms with Crippen molar-refractivity contribution in [3.8, 4) is 0 Å². The van der Waals surface area contributed by atoms with Gasteiger partial charge < -0.3 is 20.1 Å². The maximum atomic E-state index is 12.9. The van der Waals surface area contributed by atoms with Crippen molar-refractivity contribution in [1.29, 1.82) is 0 Å². The molecule has 7 nitrogen and oxygen atoms in total. The average Bonchev–Trinajstić information content (AvgIpc) is 3.04. The molecule has 0 aliphatic carbocycles. The highest BCUT2D eigenvalue weighted by atomic mass is 16.5. The van der Waals surface area contributed by atoms with Crippen LogP contribution < -0.4 is 5.32 Å². The quantitative estimate of drug-likeness (QED) is 0.524. The third kappa shape index (κ3) is 4.52. The van der Waals surface area contributed by atoms with Crippen LogP contribution in [0.1, 0.15) is 15.9 Å². The van der Waals surface area contributed by atoms with Gasteiger partial charge >= 0.3 is 5.97 Å². The number of ether oxygens (including phenoxy) is 1. The summed E-state index contributed by atoms with van der Waals surface area (Å²) in [5, 5.41) is 12.1. The predicted octanol–water partition coefficient (Wildman–Crippen LogP) is 1.79. The number of Topliss-reactive ketones (excluding diaryl/α,β-unsaturated/α-hetero) is 1. The minimum Gasteiger partial charge on any atom is -0.466 e. The number of benzene rings is 2. The third-order valence-electron chi connectivity index (χ3n) is 4.65. The number of rotatable bonds is 8. The Kier molecular flexibility index (Phi) is 6.41. The van der Waals surface area contributed by atoms with Crippen LogP contribution in [0.5, 0.6) is 0 Å². The van der Waals surface area contributed by atoms with Crippen molar-refractivity contribution >= 4 is 23.3 Å². The molecule has 0 unspecified atom stereocenters. The number of nitrogens with one attached hydrogen (secondary N) is 1. The summed E-state index contributed by atoms with van der Waals surface area (Å²) in [4.78, 5) is 39.0. The number of carbonyl (C=O) groups excluding carboxylic acids is 3. The Morgan fingerprint density at radius 2 is 1.79 bits per heavy atom. The summed E-state index contributed by atoms with van der Waals surface area (Å²) in [5.74, 6) is -1.17. The van der Waals surface area contributed by atoms with Crippen LogP contribution in [0.15, 0.2) is 65.9 Å². The Balaban J connectivity index is 1.90. The van der Waals surface area contributed by atoms with Crippen LogP contribution in [0.25, 0.3) is 0 Å².